The number of phosphoric ester groups is 2. The van der Waals surface area contributed by atoms with E-state index in [1.54, 1.807) is 7.05 Å². The van der Waals surface area contributed by atoms with E-state index in [4.69, 9.17) is 9.26 Å². The van der Waals surface area contributed by atoms with Gasteiger partial charge in [0, 0.05) is 6.54 Å². The molecule has 0 aliphatic carbocycles. The van der Waals surface area contributed by atoms with Crippen LogP contribution in [0.1, 0.15) is 33.1 Å². The molecule has 0 spiro atoms. The number of likely N-dealkylation sites (tertiary alicyclic amines) is 1. The normalized spacial score (nSPS) is 34.5. The van der Waals surface area contributed by atoms with E-state index in [0.29, 0.717) is 18.9 Å². The monoisotopic (exact) mass is 566 g/mol. The molecule has 0 bridgehead atoms. The van der Waals surface area contributed by atoms with Gasteiger partial charge in [-0.15, -0.1) is 11.8 Å². The number of nitrogens with one attached hydrogen (secondary N) is 1. The zero-order chi connectivity index (χ0) is 26.7. The quantitative estimate of drug-likeness (QED) is 0.155. The van der Waals surface area contributed by atoms with Crippen molar-refractivity contribution in [1.29, 1.82) is 0 Å². The van der Waals surface area contributed by atoms with Crippen LogP contribution in [0.25, 0.3) is 0 Å². The second kappa shape index (κ2) is 12.6. The molecule has 0 aromatic carbocycles. The van der Waals surface area contributed by atoms with Crippen LogP contribution in [0.15, 0.2) is 0 Å². The number of aliphatic hydroxyl groups is 2. The highest BCUT2D eigenvalue weighted by atomic mass is 32.2. The molecule has 14 nitrogen and oxygen atoms in total. The van der Waals surface area contributed by atoms with Crippen molar-refractivity contribution in [2.75, 3.05) is 19.8 Å². The smallest absolute Gasteiger partial charge is 0.391 e. The predicted molar refractivity (Wildman–Crippen MR) is 125 cm³/mol. The molecule has 2 fully saturated rings. The molecule has 7 N–H and O–H groups in total. The molecule has 17 heteroatoms. The van der Waals surface area contributed by atoms with E-state index < -0.39 is 69.6 Å². The fourth-order valence-electron chi connectivity index (χ4n) is 4.65. The Morgan fingerprint density at radius 3 is 2.26 bits per heavy atom. The van der Waals surface area contributed by atoms with Crippen molar-refractivity contribution in [3.8, 4) is 0 Å². The van der Waals surface area contributed by atoms with Gasteiger partial charge in [-0.3, -0.25) is 18.7 Å². The van der Waals surface area contributed by atoms with Gasteiger partial charge < -0.3 is 39.8 Å². The van der Waals surface area contributed by atoms with E-state index >= 15 is 0 Å². The van der Waals surface area contributed by atoms with Crippen LogP contribution in [-0.2, 0) is 27.7 Å². The summed E-state index contributed by atoms with van der Waals surface area (Å²) < 4.78 is 38.2. The average molecular weight is 567 g/mol. The van der Waals surface area contributed by atoms with Crippen molar-refractivity contribution in [1.82, 2.24) is 10.2 Å². The fourth-order valence-corrected chi connectivity index (χ4v) is 6.57. The van der Waals surface area contributed by atoms with Gasteiger partial charge in [0.05, 0.1) is 18.2 Å². The largest absolute Gasteiger partial charge is 0.470 e. The third-order valence-corrected chi connectivity index (χ3v) is 8.00. The number of hydrogen-bond donors (Lipinski definition) is 7. The highest BCUT2D eigenvalue weighted by Gasteiger charge is 2.54. The Balaban J connectivity index is 2.34. The highest BCUT2D eigenvalue weighted by molar-refractivity contribution is 7.99. The lowest BCUT2D eigenvalue weighted by atomic mass is 9.92. The maximum absolute atomic E-state index is 13.1. The molecule has 2 rings (SSSR count). The molecule has 9 atom stereocenters. The topological polar surface area (TPSA) is 216 Å². The second-order valence-electron chi connectivity index (χ2n) is 8.94. The number of rotatable bonds is 11. The zero-order valence-electron chi connectivity index (χ0n) is 19.9. The van der Waals surface area contributed by atoms with Gasteiger partial charge in [-0.05, 0) is 39.0 Å². The van der Waals surface area contributed by atoms with Gasteiger partial charge in [0.15, 0.2) is 0 Å². The average Bonchev–Trinajstić information content (AvgIpc) is 3.08. The summed E-state index contributed by atoms with van der Waals surface area (Å²) in [6, 6.07) is -1.80. The molecule has 0 radical (unpaired) electrons. The lowest BCUT2D eigenvalue weighted by Crippen LogP contribution is -2.66. The predicted octanol–water partition coefficient (Wildman–Crippen LogP) is -0.623. The van der Waals surface area contributed by atoms with Crippen LogP contribution >= 0.6 is 27.4 Å². The Hall–Kier alpha value is -0.120. The maximum Gasteiger partial charge on any atom is 0.470 e. The van der Waals surface area contributed by atoms with Crippen molar-refractivity contribution in [2.45, 2.75) is 81.1 Å². The van der Waals surface area contributed by atoms with E-state index in [1.807, 2.05) is 4.90 Å². The molecule has 2 heterocycles. The summed E-state index contributed by atoms with van der Waals surface area (Å²) in [7, 11) is -8.61. The molecule has 0 saturated carbocycles. The van der Waals surface area contributed by atoms with Crippen LogP contribution in [0.2, 0.25) is 0 Å². The second-order valence-corrected chi connectivity index (χ2v) is 12.3. The molecule has 206 valence electrons. The minimum atomic E-state index is -5.26. The standard InChI is InChI=1S/C18H36N2O12P2S/c1-5-6-10-7-11(20(3)8-10)17(23)19-12(9(2)21)14-15(31-33(24,25)26)13(22)16(18(30-14)35-4)32-34(27,28)29/h9-16,18,21-22H,5-8H2,1-4H3,(H,19,23)(H2,24,25,26)(H2,27,28,29)/t9-,10-,11+,12-,13?,14-,15-,16?,18-/m1/s1. The van der Waals surface area contributed by atoms with Gasteiger partial charge >= 0.3 is 15.6 Å². The fraction of sp³-hybridized carbons (Fsp3) is 0.944. The zero-order valence-corrected chi connectivity index (χ0v) is 22.5. The molecule has 0 aromatic rings. The van der Waals surface area contributed by atoms with Crippen LogP contribution in [-0.4, -0.2) is 108 Å². The Morgan fingerprint density at radius 1 is 1.20 bits per heavy atom. The molecule has 0 aromatic heterocycles. The highest BCUT2D eigenvalue weighted by Crippen LogP contribution is 2.47. The minimum absolute atomic E-state index is 0.315. The number of amides is 1. The maximum atomic E-state index is 13.1. The van der Waals surface area contributed by atoms with Crippen molar-refractivity contribution >= 4 is 33.3 Å². The van der Waals surface area contributed by atoms with E-state index in [-0.39, 0.29) is 0 Å². The molecular formula is C18H36N2O12P2S. The van der Waals surface area contributed by atoms with Crippen LogP contribution in [0.5, 0.6) is 0 Å². The number of carbonyl (C=O) groups excluding carboxylic acids is 1. The van der Waals surface area contributed by atoms with Gasteiger partial charge in [0.25, 0.3) is 0 Å². The van der Waals surface area contributed by atoms with Gasteiger partial charge in [-0.2, -0.15) is 0 Å². The summed E-state index contributed by atoms with van der Waals surface area (Å²) in [5.74, 6) is -0.130. The van der Waals surface area contributed by atoms with Crippen LogP contribution in [0.4, 0.5) is 0 Å². The van der Waals surface area contributed by atoms with E-state index in [1.165, 1.54) is 13.2 Å². The van der Waals surface area contributed by atoms with Crippen molar-refractivity contribution in [2.24, 2.45) is 5.92 Å². The summed E-state index contributed by atoms with van der Waals surface area (Å²) in [5, 5.41) is 23.9. The van der Waals surface area contributed by atoms with Crippen molar-refractivity contribution < 1.29 is 57.5 Å². The first-order chi connectivity index (χ1) is 16.1. The number of aliphatic hydroxyl groups excluding tert-OH is 2. The molecular weight excluding hydrogens is 530 g/mol. The summed E-state index contributed by atoms with van der Waals surface area (Å²) in [4.78, 5) is 52.3. The first-order valence-electron chi connectivity index (χ1n) is 11.1. The molecule has 1 amide bonds. The summed E-state index contributed by atoms with van der Waals surface area (Å²) in [5.41, 5.74) is -1.24. The SMILES string of the molecule is CCC[C@@H]1C[C@@H](C(=O)N[C@@H]([C@H]2O[C@H](SC)C(OP(=O)(O)O)C(O)[C@H]2OP(=O)(O)O)[C@@H](C)O)N(C)C1. The van der Waals surface area contributed by atoms with Gasteiger partial charge in [-0.1, -0.05) is 13.3 Å². The molecule has 2 saturated heterocycles. The van der Waals surface area contributed by atoms with Gasteiger partial charge in [0.1, 0.15) is 29.9 Å². The number of hydrogen-bond acceptors (Lipinski definition) is 10. The van der Waals surface area contributed by atoms with E-state index in [2.05, 4.69) is 16.8 Å². The number of carbonyl (C=O) groups is 1. The molecule has 35 heavy (non-hydrogen) atoms. The number of phosphoric acid groups is 2. The Morgan fingerprint density at radius 2 is 1.77 bits per heavy atom. The van der Waals surface area contributed by atoms with Crippen LogP contribution in [0.3, 0.4) is 0 Å². The first-order valence-corrected chi connectivity index (χ1v) is 15.5. The van der Waals surface area contributed by atoms with Crippen LogP contribution in [0, 0.1) is 5.92 Å². The molecule has 2 aliphatic rings. The van der Waals surface area contributed by atoms with Crippen LogP contribution < -0.4 is 5.32 Å². The number of thioether (sulfide) groups is 1. The third kappa shape index (κ3) is 8.71. The number of nitrogens with zero attached hydrogens (tertiary/aromatic N) is 1. The Bertz CT molecular complexity index is 810. The lowest BCUT2D eigenvalue weighted by molar-refractivity contribution is -0.203. The molecule has 2 aliphatic heterocycles. The lowest BCUT2D eigenvalue weighted by Gasteiger charge is -2.46. The molecule has 2 unspecified atom stereocenters. The van der Waals surface area contributed by atoms with Gasteiger partial charge in [-0.25, -0.2) is 9.13 Å². The number of ether oxygens (including phenoxy) is 1. The minimum Gasteiger partial charge on any atom is -0.391 e. The van der Waals surface area contributed by atoms with Crippen molar-refractivity contribution in [3.05, 3.63) is 0 Å². The van der Waals surface area contributed by atoms with E-state index in [9.17, 15) is 43.7 Å². The summed E-state index contributed by atoms with van der Waals surface area (Å²) >= 11 is 0.899. The number of likely N-dealkylation sites (N-methyl/N-ethyl adjacent to an activating group) is 1. The van der Waals surface area contributed by atoms with Gasteiger partial charge in [0.2, 0.25) is 5.91 Å². The van der Waals surface area contributed by atoms with Crippen molar-refractivity contribution in [3.63, 3.8) is 0 Å². The summed E-state index contributed by atoms with van der Waals surface area (Å²) in [6.07, 6.45) is -4.48. The first kappa shape index (κ1) is 31.1. The Kier molecular flexibility index (Phi) is 11.2. The van der Waals surface area contributed by atoms with E-state index in [0.717, 1.165) is 24.6 Å². The summed E-state index contributed by atoms with van der Waals surface area (Å²) in [6.45, 7) is 4.08. The third-order valence-electron chi connectivity index (χ3n) is 6.12. The Labute approximate surface area is 208 Å².